The Balaban J connectivity index is 1.91. The summed E-state index contributed by atoms with van der Waals surface area (Å²) in [4.78, 5) is 9.23. The van der Waals surface area contributed by atoms with Crippen molar-refractivity contribution in [3.8, 4) is 5.82 Å². The molecule has 1 N–H and O–H groups in total. The van der Waals surface area contributed by atoms with Crippen molar-refractivity contribution in [2.75, 3.05) is 4.72 Å². The predicted octanol–water partition coefficient (Wildman–Crippen LogP) is 4.15. The number of rotatable bonds is 4. The first kappa shape index (κ1) is 19.0. The Labute approximate surface area is 175 Å². The van der Waals surface area contributed by atoms with Crippen molar-refractivity contribution in [2.24, 2.45) is 0 Å². The summed E-state index contributed by atoms with van der Waals surface area (Å²) in [5.74, 6) is 0.600. The second-order valence-electron chi connectivity index (χ2n) is 6.35. The zero-order chi connectivity index (χ0) is 19.9. The molecule has 3 heterocycles. The van der Waals surface area contributed by atoms with E-state index in [0.717, 1.165) is 26.3 Å². The minimum Gasteiger partial charge on any atom is -0.256 e. The lowest BCUT2D eigenvalue weighted by atomic mass is 10.2. The van der Waals surface area contributed by atoms with E-state index in [-0.39, 0.29) is 10.0 Å². The van der Waals surface area contributed by atoms with Crippen LogP contribution in [0.4, 0.5) is 5.82 Å². The molecule has 0 saturated carbocycles. The number of hydrogen-bond donors (Lipinski definition) is 1. The van der Waals surface area contributed by atoms with Gasteiger partial charge in [0, 0.05) is 0 Å². The molecule has 9 heteroatoms. The largest absolute Gasteiger partial charge is 0.372 e. The van der Waals surface area contributed by atoms with Crippen LogP contribution >= 0.6 is 27.3 Å². The molecule has 0 aliphatic heterocycles. The van der Waals surface area contributed by atoms with Gasteiger partial charge in [-0.25, -0.2) is 13.4 Å². The van der Waals surface area contributed by atoms with Gasteiger partial charge in [0.2, 0.25) is 11.3 Å². The summed E-state index contributed by atoms with van der Waals surface area (Å²) in [5.41, 5.74) is 3.36. The highest BCUT2D eigenvalue weighted by molar-refractivity contribution is 9.11. The van der Waals surface area contributed by atoms with Crippen LogP contribution in [-0.4, -0.2) is 18.4 Å². The SMILES string of the molecule is Cc1cc(C)c[n+](-c2nc3ccccc3nc2NS(=O)(=O)c2ccc(Br)s2)c1. The van der Waals surface area contributed by atoms with Crippen LogP contribution in [0, 0.1) is 13.8 Å². The molecule has 0 unspecified atom stereocenters. The van der Waals surface area contributed by atoms with Crippen molar-refractivity contribution in [3.63, 3.8) is 0 Å². The normalized spacial score (nSPS) is 11.7. The molecule has 28 heavy (non-hydrogen) atoms. The molecule has 0 fully saturated rings. The van der Waals surface area contributed by atoms with Gasteiger partial charge >= 0.3 is 5.82 Å². The maximum Gasteiger partial charge on any atom is 0.372 e. The molecule has 6 nitrogen and oxygen atoms in total. The number of benzene rings is 1. The summed E-state index contributed by atoms with van der Waals surface area (Å²) in [6.07, 6.45) is 3.79. The average Bonchev–Trinajstić information content (AvgIpc) is 3.07. The smallest absolute Gasteiger partial charge is 0.256 e. The summed E-state index contributed by atoms with van der Waals surface area (Å²) < 4.78 is 31.1. The summed E-state index contributed by atoms with van der Waals surface area (Å²) in [7, 11) is -3.79. The monoisotopic (exact) mass is 475 g/mol. The lowest BCUT2D eigenvalue weighted by Crippen LogP contribution is -2.34. The first-order chi connectivity index (χ1) is 13.3. The van der Waals surface area contributed by atoms with Gasteiger partial charge in [0.1, 0.15) is 9.73 Å². The van der Waals surface area contributed by atoms with Crippen LogP contribution in [0.5, 0.6) is 0 Å². The molecule has 0 amide bonds. The molecule has 0 bridgehead atoms. The molecule has 0 atom stereocenters. The van der Waals surface area contributed by atoms with E-state index in [1.807, 2.05) is 50.5 Å². The van der Waals surface area contributed by atoms with Crippen LogP contribution in [0.25, 0.3) is 16.9 Å². The average molecular weight is 476 g/mol. The topological polar surface area (TPSA) is 75.8 Å². The number of fused-ring (bicyclic) bond motifs is 1. The molecule has 4 rings (SSSR count). The maximum atomic E-state index is 12.9. The molecule has 0 spiro atoms. The number of nitrogens with zero attached hydrogens (tertiary/aromatic N) is 3. The van der Waals surface area contributed by atoms with Crippen molar-refractivity contribution >= 4 is 54.1 Å². The highest BCUT2D eigenvalue weighted by Crippen LogP contribution is 2.28. The molecule has 0 aliphatic rings. The molecular weight excluding hydrogens is 460 g/mol. The number of anilines is 1. The van der Waals surface area contributed by atoms with Crippen LogP contribution in [0.2, 0.25) is 0 Å². The van der Waals surface area contributed by atoms with Gasteiger partial charge in [0.15, 0.2) is 0 Å². The molecule has 1 aromatic carbocycles. The van der Waals surface area contributed by atoms with Crippen LogP contribution in [0.3, 0.4) is 0 Å². The number of pyridine rings is 1. The van der Waals surface area contributed by atoms with Gasteiger partial charge in [-0.05, 0) is 76.2 Å². The second-order valence-corrected chi connectivity index (χ2v) is 10.7. The number of aryl methyl sites for hydroxylation is 2. The van der Waals surface area contributed by atoms with Gasteiger partial charge in [-0.15, -0.1) is 11.3 Å². The first-order valence-electron chi connectivity index (χ1n) is 8.37. The fourth-order valence-corrected chi connectivity index (χ4v) is 5.90. The minimum atomic E-state index is -3.79. The van der Waals surface area contributed by atoms with Gasteiger partial charge in [-0.2, -0.15) is 4.57 Å². The molecule has 0 aliphatic carbocycles. The Morgan fingerprint density at radius 3 is 2.25 bits per heavy atom. The van der Waals surface area contributed by atoms with Crippen LogP contribution in [0.1, 0.15) is 11.1 Å². The fraction of sp³-hybridized carbons (Fsp3) is 0.105. The summed E-state index contributed by atoms with van der Waals surface area (Å²) >= 11 is 4.44. The van der Waals surface area contributed by atoms with Crippen molar-refractivity contribution < 1.29 is 13.0 Å². The highest BCUT2D eigenvalue weighted by Gasteiger charge is 2.26. The minimum absolute atomic E-state index is 0.179. The Kier molecular flexibility index (Phi) is 4.90. The van der Waals surface area contributed by atoms with E-state index >= 15 is 0 Å². The molecule has 142 valence electrons. The lowest BCUT2D eigenvalue weighted by molar-refractivity contribution is -0.599. The second kappa shape index (κ2) is 7.23. The summed E-state index contributed by atoms with van der Waals surface area (Å²) in [5, 5.41) is 0. The third kappa shape index (κ3) is 3.78. The number of para-hydroxylation sites is 2. The molecule has 4 aromatic rings. The third-order valence-corrected chi connectivity index (χ3v) is 7.44. The molecule has 0 saturated heterocycles. The summed E-state index contributed by atoms with van der Waals surface area (Å²) in [6.45, 7) is 3.95. The maximum absolute atomic E-state index is 12.9. The van der Waals surface area contributed by atoms with Gasteiger partial charge < -0.3 is 0 Å². The Hall–Kier alpha value is -2.36. The van der Waals surface area contributed by atoms with E-state index in [4.69, 9.17) is 0 Å². The van der Waals surface area contributed by atoms with Gasteiger partial charge in [-0.1, -0.05) is 12.1 Å². The number of aromatic nitrogens is 3. The summed E-state index contributed by atoms with van der Waals surface area (Å²) in [6, 6.07) is 12.7. The van der Waals surface area contributed by atoms with Crippen molar-refractivity contribution in [1.82, 2.24) is 9.97 Å². The zero-order valence-corrected chi connectivity index (χ0v) is 18.3. The number of halogens is 1. The number of thiophene rings is 1. The van der Waals surface area contributed by atoms with Crippen LogP contribution in [-0.2, 0) is 10.0 Å². The van der Waals surface area contributed by atoms with E-state index in [2.05, 4.69) is 30.6 Å². The first-order valence-corrected chi connectivity index (χ1v) is 11.5. The molecule has 0 radical (unpaired) electrons. The Morgan fingerprint density at radius 1 is 1.00 bits per heavy atom. The van der Waals surface area contributed by atoms with Crippen molar-refractivity contribution in [2.45, 2.75) is 18.1 Å². The standard InChI is InChI=1S/C19H16BrN4O2S2/c1-12-9-13(2)11-24(10-12)19-18(21-14-5-3-4-6-15(14)22-19)23-28(25,26)17-8-7-16(20)27-17/h3-11H,1-2H3,(H,21,23)/q+1. The predicted molar refractivity (Wildman–Crippen MR) is 113 cm³/mol. The van der Waals surface area contributed by atoms with Crippen LogP contribution < -0.4 is 9.29 Å². The van der Waals surface area contributed by atoms with E-state index in [0.29, 0.717) is 16.9 Å². The third-order valence-electron chi connectivity index (χ3n) is 3.98. The van der Waals surface area contributed by atoms with Gasteiger partial charge in [0.25, 0.3) is 10.0 Å². The van der Waals surface area contributed by atoms with E-state index in [9.17, 15) is 8.42 Å². The fourth-order valence-electron chi connectivity index (χ4n) is 2.89. The Bertz CT molecular complexity index is 1280. The van der Waals surface area contributed by atoms with Crippen LogP contribution in [0.15, 0.2) is 62.9 Å². The molecular formula is C19H16BrN4O2S2+. The van der Waals surface area contributed by atoms with Gasteiger partial charge in [0.05, 0.1) is 16.2 Å². The number of hydrogen-bond acceptors (Lipinski definition) is 5. The van der Waals surface area contributed by atoms with E-state index < -0.39 is 10.0 Å². The van der Waals surface area contributed by atoms with Crippen molar-refractivity contribution in [3.05, 3.63) is 69.8 Å². The van der Waals surface area contributed by atoms with Crippen molar-refractivity contribution in [1.29, 1.82) is 0 Å². The highest BCUT2D eigenvalue weighted by atomic mass is 79.9. The molecule has 3 aromatic heterocycles. The Morgan fingerprint density at radius 2 is 1.64 bits per heavy atom. The van der Waals surface area contributed by atoms with E-state index in [1.54, 1.807) is 22.8 Å². The lowest BCUT2D eigenvalue weighted by Gasteiger charge is -2.08. The van der Waals surface area contributed by atoms with E-state index in [1.165, 1.54) is 0 Å². The van der Waals surface area contributed by atoms with Gasteiger partial charge in [-0.3, -0.25) is 4.72 Å². The number of nitrogens with one attached hydrogen (secondary N) is 1. The number of sulfonamides is 1. The quantitative estimate of drug-likeness (QED) is 0.449. The zero-order valence-electron chi connectivity index (χ0n) is 15.0.